The van der Waals surface area contributed by atoms with Gasteiger partial charge in [-0.15, -0.1) is 0 Å². The number of rotatable bonds is 2. The fourth-order valence-corrected chi connectivity index (χ4v) is 33.8. The van der Waals surface area contributed by atoms with Crippen molar-refractivity contribution in [3.8, 4) is 11.1 Å². The molecule has 2 aliphatic carbocycles. The van der Waals surface area contributed by atoms with Crippen LogP contribution in [0.1, 0.15) is 112 Å². The van der Waals surface area contributed by atoms with Gasteiger partial charge in [-0.05, 0) is 0 Å². The van der Waals surface area contributed by atoms with Crippen molar-refractivity contribution in [1.82, 2.24) is 0 Å². The molecule has 36 heavy (non-hydrogen) atoms. The van der Waals surface area contributed by atoms with E-state index in [-0.39, 0.29) is 17.1 Å². The van der Waals surface area contributed by atoms with Crippen LogP contribution >= 0.6 is 0 Å². The van der Waals surface area contributed by atoms with E-state index in [2.05, 4.69) is 139 Å². The number of fused-ring (bicyclic) bond motifs is 3. The van der Waals surface area contributed by atoms with Crippen molar-refractivity contribution < 1.29 is 17.4 Å². The molecule has 0 aliphatic heterocycles. The van der Waals surface area contributed by atoms with E-state index in [1.165, 1.54) is 22.3 Å². The Kier molecular flexibility index (Phi) is 6.43. The molecule has 0 saturated carbocycles. The Labute approximate surface area is 224 Å². The van der Waals surface area contributed by atoms with Crippen LogP contribution in [-0.2, 0) is 34.6 Å². The monoisotopic (exact) mass is 576 g/mol. The van der Waals surface area contributed by atoms with Gasteiger partial charge in [-0.25, -0.2) is 0 Å². The summed E-state index contributed by atoms with van der Waals surface area (Å²) in [6.07, 6.45) is 9.50. The average Bonchev–Trinajstić information content (AvgIpc) is 3.37. The quantitative estimate of drug-likeness (QED) is 0.267. The molecular weight excluding hydrogens is 528 g/mol. The molecule has 0 radical (unpaired) electrons. The first-order chi connectivity index (χ1) is 16.2. The summed E-state index contributed by atoms with van der Waals surface area (Å²) < 4.78 is 4.00. The van der Waals surface area contributed by atoms with E-state index in [1.807, 2.05) is 3.27 Å². The minimum atomic E-state index is -4.05. The van der Waals surface area contributed by atoms with Gasteiger partial charge in [0, 0.05) is 0 Å². The third-order valence-corrected chi connectivity index (χ3v) is 52.2. The van der Waals surface area contributed by atoms with Crippen LogP contribution in [0.4, 0.5) is 0 Å². The molecule has 0 aromatic heterocycles. The van der Waals surface area contributed by atoms with Gasteiger partial charge >= 0.3 is 226 Å². The Morgan fingerprint density at radius 3 is 1.78 bits per heavy atom. The molecule has 2 aromatic rings. The van der Waals surface area contributed by atoms with Gasteiger partial charge in [-0.1, -0.05) is 0 Å². The number of hydrogen-bond acceptors (Lipinski definition) is 0. The first kappa shape index (κ1) is 28.0. The second-order valence-electron chi connectivity index (χ2n) is 15.8. The van der Waals surface area contributed by atoms with Crippen molar-refractivity contribution in [2.45, 2.75) is 113 Å². The van der Waals surface area contributed by atoms with Crippen molar-refractivity contribution >= 4 is 10.2 Å². The maximum absolute atomic E-state index is 4.05. The molecule has 0 nitrogen and oxygen atoms in total. The van der Waals surface area contributed by atoms with Crippen molar-refractivity contribution in [1.29, 1.82) is 0 Å². The summed E-state index contributed by atoms with van der Waals surface area (Å²) in [5.41, 5.74) is 9.45. The summed E-state index contributed by atoms with van der Waals surface area (Å²) in [4.78, 5) is 0. The van der Waals surface area contributed by atoms with Crippen LogP contribution in [0.2, 0.25) is 6.25 Å². The Balaban J connectivity index is 2.20. The van der Waals surface area contributed by atoms with E-state index >= 15 is 0 Å². The molecule has 0 heterocycles. The van der Waals surface area contributed by atoms with Crippen molar-refractivity contribution in [2.75, 3.05) is 0 Å². The predicted molar refractivity (Wildman–Crippen MR) is 162 cm³/mol. The van der Waals surface area contributed by atoms with Crippen molar-refractivity contribution in [3.63, 3.8) is 0 Å². The normalized spacial score (nSPS) is 16.8. The molecular formula is C34H50SiZr. The third kappa shape index (κ3) is 3.67. The Morgan fingerprint density at radius 1 is 0.722 bits per heavy atom. The van der Waals surface area contributed by atoms with E-state index in [1.54, 1.807) is 14.4 Å². The number of hydrogen-bond donors (Lipinski definition) is 0. The van der Waals surface area contributed by atoms with Gasteiger partial charge in [0.25, 0.3) is 0 Å². The van der Waals surface area contributed by atoms with E-state index in [0.717, 1.165) is 12.8 Å². The Morgan fingerprint density at radius 2 is 1.31 bits per heavy atom. The molecule has 0 amide bonds. The Hall–Kier alpha value is -0.980. The van der Waals surface area contributed by atoms with Gasteiger partial charge in [0.15, 0.2) is 0 Å². The number of benzene rings is 2. The molecule has 0 fully saturated rings. The first-order valence-electron chi connectivity index (χ1n) is 13.9. The molecule has 0 atom stereocenters. The topological polar surface area (TPSA) is 0 Å². The van der Waals surface area contributed by atoms with Crippen LogP contribution in [0.25, 0.3) is 11.1 Å². The van der Waals surface area contributed by atoms with Crippen LogP contribution in [-0.4, -0.2) is 6.88 Å². The summed E-state index contributed by atoms with van der Waals surface area (Å²) >= 11 is -4.05. The molecule has 2 aromatic carbocycles. The van der Waals surface area contributed by atoms with E-state index in [9.17, 15) is 0 Å². The SMILES string of the molecule is CC(C)(C)c1ccc2c(c1)Cc1c-2ccc(C(C)(C)C)[c]1[Zr](=[SiH2])([C]1=CC=CC1)([C](C)(C)C)[C](C)(C)C. The summed E-state index contributed by atoms with van der Waals surface area (Å²) in [6.45, 7) is 32.3. The predicted octanol–water partition coefficient (Wildman–Crippen LogP) is 9.00. The second-order valence-corrected chi connectivity index (χ2v) is 41.6. The molecule has 0 saturated heterocycles. The summed E-state index contributed by atoms with van der Waals surface area (Å²) in [7, 11) is 0. The first-order valence-corrected chi connectivity index (χ1v) is 24.8. The van der Waals surface area contributed by atoms with Gasteiger partial charge in [0.05, 0.1) is 0 Å². The summed E-state index contributed by atoms with van der Waals surface area (Å²) in [5.74, 6) is 0. The fourth-order valence-electron chi connectivity index (χ4n) is 7.85. The van der Waals surface area contributed by atoms with Crippen LogP contribution < -0.4 is 3.27 Å². The van der Waals surface area contributed by atoms with E-state index in [4.69, 9.17) is 0 Å². The van der Waals surface area contributed by atoms with Gasteiger partial charge in [-0.3, -0.25) is 0 Å². The molecule has 0 bridgehead atoms. The second kappa shape index (κ2) is 8.26. The van der Waals surface area contributed by atoms with Gasteiger partial charge in [-0.2, -0.15) is 0 Å². The van der Waals surface area contributed by atoms with Gasteiger partial charge < -0.3 is 0 Å². The van der Waals surface area contributed by atoms with Crippen LogP contribution in [0.15, 0.2) is 51.8 Å². The number of allylic oxidation sites excluding steroid dienone is 4. The molecule has 4 rings (SSSR count). The van der Waals surface area contributed by atoms with Crippen LogP contribution in [0, 0.1) is 0 Å². The Bertz CT molecular complexity index is 1330. The molecule has 0 N–H and O–H groups in total. The van der Waals surface area contributed by atoms with Crippen LogP contribution in [0.5, 0.6) is 0 Å². The molecule has 2 heteroatoms. The zero-order chi connectivity index (χ0) is 27.1. The molecule has 194 valence electrons. The van der Waals surface area contributed by atoms with E-state index < -0.39 is 17.4 Å². The molecule has 2 aliphatic rings. The van der Waals surface area contributed by atoms with Gasteiger partial charge in [0.1, 0.15) is 0 Å². The zero-order valence-electron chi connectivity index (χ0n) is 25.2. The third-order valence-electron chi connectivity index (χ3n) is 10.1. The minimum absolute atomic E-state index is 0.0916. The average molecular weight is 578 g/mol. The summed E-state index contributed by atoms with van der Waals surface area (Å²) in [5, 5.41) is 0. The van der Waals surface area contributed by atoms with Crippen molar-refractivity contribution in [2.24, 2.45) is 0 Å². The zero-order valence-corrected chi connectivity index (χ0v) is 29.1. The van der Waals surface area contributed by atoms with E-state index in [0.29, 0.717) is 0 Å². The van der Waals surface area contributed by atoms with Crippen molar-refractivity contribution in [3.05, 3.63) is 74.1 Å². The van der Waals surface area contributed by atoms with Gasteiger partial charge in [0.2, 0.25) is 0 Å². The standard InChI is InChI=1S/C21H25.C5H5.2C4H9.H2Si.Zr/c1-20(2,3)16-7-9-18-14(12-16)11-15-13-17(21(4,5)6)8-10-19(15)18;1-2-4-5-3-1;2*1-4(2)3;;/h7-10,12H,11H2,1-6H3;1-3H,4H2;2*1-3H3;1H2;. The fraction of sp³-hybridized carbons (Fsp3) is 0.529. The maximum atomic E-state index is 2.58. The molecule has 0 unspecified atom stereocenters. The summed E-state index contributed by atoms with van der Waals surface area (Å²) in [6, 6.07) is 12.3. The van der Waals surface area contributed by atoms with Crippen LogP contribution in [0.3, 0.4) is 0 Å². The molecule has 0 spiro atoms.